The van der Waals surface area contributed by atoms with Crippen LogP contribution < -0.4 is 5.32 Å². The van der Waals surface area contributed by atoms with Crippen LogP contribution in [0.5, 0.6) is 0 Å². The zero-order valence-electron chi connectivity index (χ0n) is 21.0. The van der Waals surface area contributed by atoms with E-state index in [0.717, 1.165) is 34.7 Å². The molecule has 1 N–H and O–H groups in total. The number of halogens is 1. The van der Waals surface area contributed by atoms with Crippen molar-refractivity contribution < 1.29 is 18.7 Å². The number of carbonyl (C=O) groups is 2. The molecule has 36 heavy (non-hydrogen) atoms. The average Bonchev–Trinajstić information content (AvgIpc) is 3.16. The summed E-state index contributed by atoms with van der Waals surface area (Å²) in [6, 6.07) is 5.46. The third-order valence-corrected chi connectivity index (χ3v) is 8.67. The van der Waals surface area contributed by atoms with Gasteiger partial charge in [0.2, 0.25) is 5.91 Å². The second kappa shape index (κ2) is 9.15. The Hall–Kier alpha value is -2.99. The Balaban J connectivity index is 1.28. The van der Waals surface area contributed by atoms with Crippen molar-refractivity contribution in [3.63, 3.8) is 0 Å². The van der Waals surface area contributed by atoms with Crippen LogP contribution in [-0.4, -0.2) is 45.6 Å². The summed E-state index contributed by atoms with van der Waals surface area (Å²) in [5.74, 6) is 0.187. The Morgan fingerprint density at radius 2 is 2.08 bits per heavy atom. The summed E-state index contributed by atoms with van der Waals surface area (Å²) >= 11 is 1.53. The minimum atomic E-state index is -0.914. The number of carbonyl (C=O) groups excluding carboxylic acids is 2. The van der Waals surface area contributed by atoms with E-state index in [1.807, 2.05) is 13.0 Å². The van der Waals surface area contributed by atoms with E-state index >= 15 is 0 Å². The molecule has 1 saturated heterocycles. The van der Waals surface area contributed by atoms with Crippen LogP contribution in [0.2, 0.25) is 0 Å². The number of rotatable bonds is 6. The van der Waals surface area contributed by atoms with E-state index in [0.29, 0.717) is 17.4 Å². The average molecular weight is 511 g/mol. The highest BCUT2D eigenvalue weighted by Gasteiger charge is 2.67. The molecule has 3 fully saturated rings. The van der Waals surface area contributed by atoms with Crippen molar-refractivity contribution in [1.29, 1.82) is 5.26 Å². The van der Waals surface area contributed by atoms with Crippen molar-refractivity contribution in [2.75, 3.05) is 0 Å². The van der Waals surface area contributed by atoms with Gasteiger partial charge in [-0.15, -0.1) is 11.3 Å². The van der Waals surface area contributed by atoms with Crippen molar-refractivity contribution in [3.05, 3.63) is 40.8 Å². The molecule has 6 atom stereocenters. The summed E-state index contributed by atoms with van der Waals surface area (Å²) in [5, 5.41) is 13.5. The van der Waals surface area contributed by atoms with Gasteiger partial charge in [-0.25, -0.2) is 14.2 Å². The Morgan fingerprint density at radius 3 is 2.72 bits per heavy atom. The molecule has 7 nitrogen and oxygen atoms in total. The van der Waals surface area contributed by atoms with Gasteiger partial charge in [-0.1, -0.05) is 19.1 Å². The number of amides is 2. The van der Waals surface area contributed by atoms with Crippen LogP contribution in [0.25, 0.3) is 10.4 Å². The lowest BCUT2D eigenvalue weighted by Gasteiger charge is -2.35. The van der Waals surface area contributed by atoms with Gasteiger partial charge in [-0.05, 0) is 75.0 Å². The molecule has 2 amide bonds. The molecule has 0 spiro atoms. The molecule has 2 saturated carbocycles. The minimum Gasteiger partial charge on any atom is -0.444 e. The van der Waals surface area contributed by atoms with Crippen molar-refractivity contribution in [1.82, 2.24) is 15.2 Å². The number of thiazole rings is 1. The quantitative estimate of drug-likeness (QED) is 0.608. The highest BCUT2D eigenvalue weighted by atomic mass is 32.1. The van der Waals surface area contributed by atoms with Crippen LogP contribution in [0.1, 0.15) is 51.1 Å². The Kier molecular flexibility index (Phi) is 6.27. The van der Waals surface area contributed by atoms with Crippen LogP contribution in [0.15, 0.2) is 24.4 Å². The molecule has 2 aliphatic carbocycles. The second-order valence-corrected chi connectivity index (χ2v) is 12.2. The number of aromatic nitrogens is 1. The number of piperidine rings is 1. The zero-order chi connectivity index (χ0) is 25.8. The molecule has 5 rings (SSSR count). The van der Waals surface area contributed by atoms with Gasteiger partial charge in [-0.3, -0.25) is 9.69 Å². The number of hydrogen-bond acceptors (Lipinski definition) is 6. The van der Waals surface area contributed by atoms with Gasteiger partial charge in [0.15, 0.2) is 0 Å². The van der Waals surface area contributed by atoms with E-state index in [9.17, 15) is 19.2 Å². The summed E-state index contributed by atoms with van der Waals surface area (Å²) < 4.78 is 20.6. The number of nitriles is 1. The monoisotopic (exact) mass is 510 g/mol. The molecule has 2 aromatic rings. The van der Waals surface area contributed by atoms with Crippen LogP contribution >= 0.6 is 11.3 Å². The summed E-state index contributed by atoms with van der Waals surface area (Å²) in [7, 11) is 0. The molecule has 0 unspecified atom stereocenters. The first-order valence-corrected chi connectivity index (χ1v) is 13.4. The normalized spacial score (nSPS) is 26.8. The summed E-state index contributed by atoms with van der Waals surface area (Å²) in [5.41, 5.74) is 0.420. The molecule has 1 aromatic heterocycles. The lowest BCUT2D eigenvalue weighted by Crippen LogP contribution is -2.56. The highest BCUT2D eigenvalue weighted by molar-refractivity contribution is 7.15. The zero-order valence-corrected chi connectivity index (χ0v) is 21.8. The fraction of sp³-hybridized carbons (Fsp3) is 0.556. The number of hydrogen-bond donors (Lipinski definition) is 1. The number of nitrogens with zero attached hydrogens (tertiary/aromatic N) is 3. The van der Waals surface area contributed by atoms with Crippen molar-refractivity contribution >= 4 is 23.3 Å². The standard InChI is InChI=1S/C27H31FN4O3S/c1-5-23-30-13-22(36-23)15-7-6-14(20(28)9-15)8-16(12-29)31-25(33)24-19-11-21(18-10-17(18)19)32(24)26(34)35-27(2,3)4/h6-7,9,13,16-19,21,24H,5,8,10-11H2,1-4H3,(H,31,33)/t16-,17+,18-,19-,21-,24-/m0/s1. The molecule has 2 heterocycles. The number of nitrogens with one attached hydrogen (secondary N) is 1. The van der Waals surface area contributed by atoms with E-state index < -0.39 is 29.6 Å². The fourth-order valence-corrected chi connectivity index (χ4v) is 6.71. The molecule has 0 radical (unpaired) electrons. The molecular formula is C27H31FN4O3S. The Labute approximate surface area is 214 Å². The molecular weight excluding hydrogens is 479 g/mol. The fourth-order valence-electron chi connectivity index (χ4n) is 5.86. The Bertz CT molecular complexity index is 1230. The van der Waals surface area contributed by atoms with Crippen LogP contribution in [-0.2, 0) is 22.4 Å². The van der Waals surface area contributed by atoms with Crippen LogP contribution in [0.4, 0.5) is 9.18 Å². The minimum absolute atomic E-state index is 0.0103. The number of likely N-dealkylation sites (tertiary alicyclic amines) is 1. The third-order valence-electron chi connectivity index (χ3n) is 7.47. The van der Waals surface area contributed by atoms with Gasteiger partial charge < -0.3 is 10.1 Å². The highest BCUT2D eigenvalue weighted by Crippen LogP contribution is 2.63. The van der Waals surface area contributed by atoms with E-state index in [1.165, 1.54) is 17.4 Å². The number of ether oxygens (including phenoxy) is 1. The third kappa shape index (κ3) is 4.59. The SMILES string of the molecule is CCc1ncc(-c2ccc(C[C@@H](C#N)NC(=O)[C@@H]3[C@H]4C[C@@H]([C@H]5C[C@@H]45)N3C(=O)OC(C)(C)C)c(F)c2)s1. The maximum atomic E-state index is 15.0. The van der Waals surface area contributed by atoms with Gasteiger partial charge >= 0.3 is 6.09 Å². The number of benzene rings is 1. The van der Waals surface area contributed by atoms with Crippen LogP contribution in [0, 0.1) is 34.9 Å². The Morgan fingerprint density at radius 1 is 1.31 bits per heavy atom. The molecule has 3 aliphatic rings. The first-order valence-electron chi connectivity index (χ1n) is 12.5. The van der Waals surface area contributed by atoms with Gasteiger partial charge in [0.25, 0.3) is 0 Å². The summed E-state index contributed by atoms with van der Waals surface area (Å²) in [6.45, 7) is 7.43. The summed E-state index contributed by atoms with van der Waals surface area (Å²) in [4.78, 5) is 33.2. The van der Waals surface area contributed by atoms with E-state index in [2.05, 4.69) is 16.4 Å². The first-order chi connectivity index (χ1) is 17.1. The molecule has 9 heteroatoms. The summed E-state index contributed by atoms with van der Waals surface area (Å²) in [6.07, 6.45) is 3.94. The van der Waals surface area contributed by atoms with Gasteiger partial charge in [0.1, 0.15) is 23.5 Å². The maximum Gasteiger partial charge on any atom is 0.411 e. The van der Waals surface area contributed by atoms with E-state index in [4.69, 9.17) is 4.74 Å². The lowest BCUT2D eigenvalue weighted by molar-refractivity contribution is -0.128. The number of aryl methyl sites for hydroxylation is 1. The van der Waals surface area contributed by atoms with Crippen LogP contribution in [0.3, 0.4) is 0 Å². The van der Waals surface area contributed by atoms with Crippen molar-refractivity contribution in [2.45, 2.75) is 77.1 Å². The molecule has 1 aromatic carbocycles. The predicted octanol–water partition coefficient (Wildman–Crippen LogP) is 4.71. The second-order valence-electron chi connectivity index (χ2n) is 11.0. The molecule has 1 aliphatic heterocycles. The topological polar surface area (TPSA) is 95.3 Å². The lowest BCUT2D eigenvalue weighted by atomic mass is 9.95. The van der Waals surface area contributed by atoms with Gasteiger partial charge in [0, 0.05) is 18.7 Å². The van der Waals surface area contributed by atoms with E-state index in [1.54, 1.807) is 37.9 Å². The predicted molar refractivity (Wildman–Crippen MR) is 133 cm³/mol. The van der Waals surface area contributed by atoms with Gasteiger partial charge in [0.05, 0.1) is 16.0 Å². The first kappa shape index (κ1) is 24.7. The van der Waals surface area contributed by atoms with E-state index in [-0.39, 0.29) is 24.3 Å². The van der Waals surface area contributed by atoms with Crippen molar-refractivity contribution in [3.8, 4) is 16.5 Å². The number of fused-ring (bicyclic) bond motifs is 5. The molecule has 190 valence electrons. The largest absolute Gasteiger partial charge is 0.444 e. The smallest absolute Gasteiger partial charge is 0.411 e. The molecule has 2 bridgehead atoms. The van der Waals surface area contributed by atoms with Crippen molar-refractivity contribution in [2.24, 2.45) is 17.8 Å². The van der Waals surface area contributed by atoms with Gasteiger partial charge in [-0.2, -0.15) is 5.26 Å². The maximum absolute atomic E-state index is 15.0.